The first kappa shape index (κ1) is 13.1. The maximum absolute atomic E-state index is 12.9. The van der Waals surface area contributed by atoms with Gasteiger partial charge in [0.2, 0.25) is 0 Å². The summed E-state index contributed by atoms with van der Waals surface area (Å²) in [7, 11) is -0.635. The van der Waals surface area contributed by atoms with Gasteiger partial charge >= 0.3 is 0 Å². The van der Waals surface area contributed by atoms with E-state index in [2.05, 4.69) is 4.72 Å². The monoisotopic (exact) mass is 246 g/mol. The molecule has 0 saturated heterocycles. The van der Waals surface area contributed by atoms with E-state index in [4.69, 9.17) is 0 Å². The largest absolute Gasteiger partial charge is 0.279 e. The SMILES string of the molecule is CC(NS(=O)(=O)N(C)C)c1cccc(F)c1. The van der Waals surface area contributed by atoms with Crippen LogP contribution in [0.2, 0.25) is 0 Å². The Morgan fingerprint density at radius 3 is 2.50 bits per heavy atom. The van der Waals surface area contributed by atoms with Crippen molar-refractivity contribution in [1.82, 2.24) is 9.03 Å². The van der Waals surface area contributed by atoms with Crippen LogP contribution < -0.4 is 4.72 Å². The molecule has 1 unspecified atom stereocenters. The summed E-state index contributed by atoms with van der Waals surface area (Å²) in [4.78, 5) is 0. The standard InChI is InChI=1S/C10H15FN2O2S/c1-8(12-16(14,15)13(2)3)9-5-4-6-10(11)7-9/h4-8,12H,1-3H3. The number of nitrogens with one attached hydrogen (secondary N) is 1. The highest BCUT2D eigenvalue weighted by molar-refractivity contribution is 7.87. The number of rotatable bonds is 4. The van der Waals surface area contributed by atoms with E-state index >= 15 is 0 Å². The molecule has 4 nitrogen and oxygen atoms in total. The van der Waals surface area contributed by atoms with Gasteiger partial charge in [0.1, 0.15) is 5.82 Å². The van der Waals surface area contributed by atoms with Crippen molar-refractivity contribution >= 4 is 10.2 Å². The van der Waals surface area contributed by atoms with Gasteiger partial charge in [0.15, 0.2) is 0 Å². The van der Waals surface area contributed by atoms with Gasteiger partial charge in [-0.25, -0.2) is 4.39 Å². The Labute approximate surface area is 95.3 Å². The summed E-state index contributed by atoms with van der Waals surface area (Å²) < 4.78 is 39.5. The summed E-state index contributed by atoms with van der Waals surface area (Å²) in [5, 5.41) is 0. The zero-order valence-corrected chi connectivity index (χ0v) is 10.3. The van der Waals surface area contributed by atoms with Crippen LogP contribution in [0.5, 0.6) is 0 Å². The van der Waals surface area contributed by atoms with E-state index in [-0.39, 0.29) is 5.82 Å². The summed E-state index contributed by atoms with van der Waals surface area (Å²) >= 11 is 0. The molecular formula is C10H15FN2O2S. The summed E-state index contributed by atoms with van der Waals surface area (Å²) in [6.07, 6.45) is 0. The first-order chi connectivity index (χ1) is 7.33. The maximum atomic E-state index is 12.9. The minimum Gasteiger partial charge on any atom is -0.207 e. The van der Waals surface area contributed by atoms with Gasteiger partial charge in [0, 0.05) is 20.1 Å². The molecule has 0 saturated carbocycles. The molecule has 1 aromatic rings. The Bertz CT molecular complexity index is 460. The fourth-order valence-electron chi connectivity index (χ4n) is 1.17. The van der Waals surface area contributed by atoms with Gasteiger partial charge in [0.05, 0.1) is 0 Å². The molecule has 16 heavy (non-hydrogen) atoms. The fourth-order valence-corrected chi connectivity index (χ4v) is 1.97. The minimum atomic E-state index is -3.50. The smallest absolute Gasteiger partial charge is 0.207 e. The average molecular weight is 246 g/mol. The minimum absolute atomic E-state index is 0.381. The van der Waals surface area contributed by atoms with Crippen molar-refractivity contribution < 1.29 is 12.8 Å². The van der Waals surface area contributed by atoms with Crippen LogP contribution in [0.25, 0.3) is 0 Å². The number of halogens is 1. The molecule has 0 radical (unpaired) electrons. The highest BCUT2D eigenvalue weighted by atomic mass is 32.2. The van der Waals surface area contributed by atoms with Gasteiger partial charge in [-0.3, -0.25) is 0 Å². The Morgan fingerprint density at radius 2 is 2.00 bits per heavy atom. The second-order valence-electron chi connectivity index (χ2n) is 3.68. The molecule has 0 amide bonds. The normalized spacial score (nSPS) is 14.1. The van der Waals surface area contributed by atoms with Crippen LogP contribution in [0.3, 0.4) is 0 Å². The highest BCUT2D eigenvalue weighted by Gasteiger charge is 2.17. The fraction of sp³-hybridized carbons (Fsp3) is 0.400. The van der Waals surface area contributed by atoms with E-state index in [1.54, 1.807) is 19.1 Å². The zero-order valence-electron chi connectivity index (χ0n) is 9.44. The summed E-state index contributed by atoms with van der Waals surface area (Å²) in [5.74, 6) is -0.381. The Kier molecular flexibility index (Phi) is 4.01. The first-order valence-corrected chi connectivity index (χ1v) is 6.22. The highest BCUT2D eigenvalue weighted by Crippen LogP contribution is 2.14. The van der Waals surface area contributed by atoms with Crippen LogP contribution in [0.1, 0.15) is 18.5 Å². The van der Waals surface area contributed by atoms with E-state index in [9.17, 15) is 12.8 Å². The van der Waals surface area contributed by atoms with Crippen molar-refractivity contribution in [3.63, 3.8) is 0 Å². The van der Waals surface area contributed by atoms with Crippen molar-refractivity contribution in [2.45, 2.75) is 13.0 Å². The van der Waals surface area contributed by atoms with Gasteiger partial charge in [-0.05, 0) is 24.6 Å². The molecule has 1 N–H and O–H groups in total. The molecule has 1 atom stereocenters. The van der Waals surface area contributed by atoms with Gasteiger partial charge < -0.3 is 0 Å². The van der Waals surface area contributed by atoms with E-state index in [0.717, 1.165) is 4.31 Å². The van der Waals surface area contributed by atoms with Crippen LogP contribution in [0.4, 0.5) is 4.39 Å². The van der Waals surface area contributed by atoms with E-state index < -0.39 is 16.3 Å². The zero-order chi connectivity index (χ0) is 12.3. The van der Waals surface area contributed by atoms with Gasteiger partial charge in [-0.15, -0.1) is 0 Å². The molecule has 0 aromatic heterocycles. The second kappa shape index (κ2) is 4.90. The number of hydrogen-bond acceptors (Lipinski definition) is 2. The second-order valence-corrected chi connectivity index (χ2v) is 5.60. The van der Waals surface area contributed by atoms with Crippen LogP contribution in [-0.2, 0) is 10.2 Å². The molecule has 0 bridgehead atoms. The Morgan fingerprint density at radius 1 is 1.38 bits per heavy atom. The molecule has 0 aliphatic rings. The molecule has 0 fully saturated rings. The third-order valence-corrected chi connectivity index (χ3v) is 3.77. The molecule has 1 aromatic carbocycles. The Hall–Kier alpha value is -0.980. The van der Waals surface area contributed by atoms with Crippen LogP contribution in [0, 0.1) is 5.82 Å². The van der Waals surface area contributed by atoms with Gasteiger partial charge in [0.25, 0.3) is 10.2 Å². The summed E-state index contributed by atoms with van der Waals surface area (Å²) in [5.41, 5.74) is 0.588. The Balaban J connectivity index is 2.85. The lowest BCUT2D eigenvalue weighted by atomic mass is 10.1. The van der Waals surface area contributed by atoms with Crippen LogP contribution in [0.15, 0.2) is 24.3 Å². The van der Waals surface area contributed by atoms with Gasteiger partial charge in [-0.1, -0.05) is 12.1 Å². The topological polar surface area (TPSA) is 49.4 Å². The number of benzene rings is 1. The van der Waals surface area contributed by atoms with Crippen molar-refractivity contribution in [1.29, 1.82) is 0 Å². The van der Waals surface area contributed by atoms with E-state index in [1.807, 2.05) is 0 Å². The summed E-state index contributed by atoms with van der Waals surface area (Å²) in [6, 6.07) is 5.37. The van der Waals surface area contributed by atoms with Crippen molar-refractivity contribution in [3.8, 4) is 0 Å². The predicted octanol–water partition coefficient (Wildman–Crippen LogP) is 1.28. The molecule has 90 valence electrons. The maximum Gasteiger partial charge on any atom is 0.279 e. The molecule has 6 heteroatoms. The number of nitrogens with zero attached hydrogens (tertiary/aromatic N) is 1. The van der Waals surface area contributed by atoms with E-state index in [1.165, 1.54) is 26.2 Å². The van der Waals surface area contributed by atoms with Crippen molar-refractivity contribution in [3.05, 3.63) is 35.6 Å². The molecule has 0 heterocycles. The molecule has 0 spiro atoms. The third-order valence-electron chi connectivity index (χ3n) is 2.16. The summed E-state index contributed by atoms with van der Waals surface area (Å²) in [6.45, 7) is 1.66. The molecular weight excluding hydrogens is 231 g/mol. The van der Waals surface area contributed by atoms with Crippen molar-refractivity contribution in [2.24, 2.45) is 0 Å². The third kappa shape index (κ3) is 3.26. The quantitative estimate of drug-likeness (QED) is 0.870. The average Bonchev–Trinajstić information content (AvgIpc) is 2.16. The number of hydrogen-bond donors (Lipinski definition) is 1. The van der Waals surface area contributed by atoms with Crippen LogP contribution in [-0.4, -0.2) is 26.8 Å². The lowest BCUT2D eigenvalue weighted by Crippen LogP contribution is -2.37. The first-order valence-electron chi connectivity index (χ1n) is 4.78. The molecule has 1 rings (SSSR count). The van der Waals surface area contributed by atoms with Crippen molar-refractivity contribution in [2.75, 3.05) is 14.1 Å². The van der Waals surface area contributed by atoms with Crippen LogP contribution >= 0.6 is 0 Å². The van der Waals surface area contributed by atoms with E-state index in [0.29, 0.717) is 5.56 Å². The van der Waals surface area contributed by atoms with Gasteiger partial charge in [-0.2, -0.15) is 17.4 Å². The lowest BCUT2D eigenvalue weighted by Gasteiger charge is -2.18. The lowest BCUT2D eigenvalue weighted by molar-refractivity contribution is 0.494. The molecule has 0 aliphatic carbocycles. The molecule has 0 aliphatic heterocycles. The predicted molar refractivity (Wildman–Crippen MR) is 60.6 cm³/mol.